The van der Waals surface area contributed by atoms with E-state index >= 15 is 0 Å². The summed E-state index contributed by atoms with van der Waals surface area (Å²) in [5.74, 6) is 0. The van der Waals surface area contributed by atoms with E-state index in [4.69, 9.17) is 0 Å². The van der Waals surface area contributed by atoms with E-state index in [0.717, 1.165) is 6.42 Å². The molecule has 0 bridgehead atoms. The average molecular weight is 529 g/mol. The number of hydrogen-bond donors (Lipinski definition) is 0. The summed E-state index contributed by atoms with van der Waals surface area (Å²) >= 11 is 1.87. The van der Waals surface area contributed by atoms with Crippen molar-refractivity contribution in [3.63, 3.8) is 0 Å². The van der Waals surface area contributed by atoms with E-state index in [2.05, 4.69) is 139 Å². The summed E-state index contributed by atoms with van der Waals surface area (Å²) in [4.78, 5) is 1.44. The van der Waals surface area contributed by atoms with Gasteiger partial charge in [-0.25, -0.2) is 0 Å². The number of hydrogen-bond acceptors (Lipinski definition) is 1. The zero-order valence-corrected chi connectivity index (χ0v) is 21.6. The molecule has 0 aliphatic rings. The standard InChI is InChI=1S/C30H26PS.BrH/c1-5-14-25(15-6-1)30(24-29-22-13-23-32-29)31(26-16-7-2-8-17-26,27-18-9-3-10-19-27)28-20-11-4-12-21-28;/h1-23,30H,24H2;1H/q+1;/p-1. The Labute approximate surface area is 212 Å². The van der Waals surface area contributed by atoms with Crippen molar-refractivity contribution in [2.45, 2.75) is 12.1 Å². The normalized spacial score (nSPS) is 12.0. The van der Waals surface area contributed by atoms with Gasteiger partial charge in [-0.15, -0.1) is 11.3 Å². The van der Waals surface area contributed by atoms with Crippen LogP contribution in [0.25, 0.3) is 0 Å². The lowest BCUT2D eigenvalue weighted by Crippen LogP contribution is -3.00. The van der Waals surface area contributed by atoms with Crippen LogP contribution in [0, 0.1) is 0 Å². The molecule has 0 nitrogen and oxygen atoms in total. The van der Waals surface area contributed by atoms with Crippen LogP contribution in [0.4, 0.5) is 0 Å². The zero-order chi connectivity index (χ0) is 21.6. The summed E-state index contributed by atoms with van der Waals surface area (Å²) in [6.07, 6.45) is 1.02. The van der Waals surface area contributed by atoms with Gasteiger partial charge >= 0.3 is 0 Å². The largest absolute Gasteiger partial charge is 1.00 e. The third-order valence-corrected chi connectivity index (χ3v) is 11.8. The second-order valence-electron chi connectivity index (χ2n) is 7.94. The number of rotatable bonds is 7. The van der Waals surface area contributed by atoms with Crippen molar-refractivity contribution in [1.29, 1.82) is 0 Å². The number of thiophene rings is 1. The van der Waals surface area contributed by atoms with E-state index in [1.54, 1.807) is 0 Å². The molecule has 164 valence electrons. The molecule has 0 radical (unpaired) electrons. The molecule has 0 aliphatic carbocycles. The van der Waals surface area contributed by atoms with Gasteiger partial charge in [0.05, 0.1) is 0 Å². The smallest absolute Gasteiger partial charge is 0.119 e. The van der Waals surface area contributed by atoms with Crippen LogP contribution in [0.2, 0.25) is 0 Å². The Hall–Kier alpha value is -2.51. The summed E-state index contributed by atoms with van der Waals surface area (Å²) in [7, 11) is -2.02. The lowest BCUT2D eigenvalue weighted by molar-refractivity contribution is -0.00000605. The van der Waals surface area contributed by atoms with Gasteiger partial charge in [-0.2, -0.15) is 0 Å². The molecule has 0 N–H and O–H groups in total. The first-order valence-corrected chi connectivity index (χ1v) is 13.8. The first kappa shape index (κ1) is 23.6. The SMILES string of the molecule is [Br-].c1ccc(C(Cc2cccs2)[P+](c2ccccc2)(c2ccccc2)c2ccccc2)cc1. The summed E-state index contributed by atoms with van der Waals surface area (Å²) in [6, 6.07) is 49.3. The maximum Gasteiger partial charge on any atom is 0.119 e. The molecule has 3 heteroatoms. The Morgan fingerprint density at radius 1 is 0.515 bits per heavy atom. The predicted molar refractivity (Wildman–Crippen MR) is 142 cm³/mol. The molecule has 1 unspecified atom stereocenters. The molecule has 33 heavy (non-hydrogen) atoms. The fraction of sp³-hybridized carbons (Fsp3) is 0.0667. The van der Waals surface area contributed by atoms with Gasteiger partial charge in [-0.1, -0.05) is 91.0 Å². The Balaban J connectivity index is 0.00000259. The van der Waals surface area contributed by atoms with E-state index in [-0.39, 0.29) is 17.0 Å². The van der Waals surface area contributed by atoms with Crippen molar-refractivity contribution >= 4 is 34.5 Å². The Morgan fingerprint density at radius 2 is 0.939 bits per heavy atom. The minimum Gasteiger partial charge on any atom is -1.00 e. The Bertz CT molecular complexity index is 1130. The van der Waals surface area contributed by atoms with Crippen LogP contribution >= 0.6 is 18.6 Å². The van der Waals surface area contributed by atoms with Gasteiger partial charge < -0.3 is 17.0 Å². The molecular formula is C30H26BrPS. The van der Waals surface area contributed by atoms with E-state index in [9.17, 15) is 0 Å². The zero-order valence-electron chi connectivity index (χ0n) is 18.3. The van der Waals surface area contributed by atoms with Gasteiger partial charge in [0.1, 0.15) is 28.8 Å². The van der Waals surface area contributed by atoms with Crippen molar-refractivity contribution in [3.05, 3.63) is 149 Å². The molecule has 1 atom stereocenters. The van der Waals surface area contributed by atoms with Crippen molar-refractivity contribution in [2.24, 2.45) is 0 Å². The molecule has 5 rings (SSSR count). The van der Waals surface area contributed by atoms with Gasteiger partial charge in [0, 0.05) is 11.3 Å². The van der Waals surface area contributed by atoms with Crippen LogP contribution in [0.15, 0.2) is 139 Å². The number of halogens is 1. The van der Waals surface area contributed by atoms with Crippen molar-refractivity contribution < 1.29 is 17.0 Å². The summed E-state index contributed by atoms with van der Waals surface area (Å²) in [6.45, 7) is 0. The van der Waals surface area contributed by atoms with Gasteiger partial charge in [0.15, 0.2) is 0 Å². The predicted octanol–water partition coefficient (Wildman–Crippen LogP) is 4.03. The van der Waals surface area contributed by atoms with Gasteiger partial charge in [-0.05, 0) is 53.4 Å². The summed E-state index contributed by atoms with van der Waals surface area (Å²) in [5.41, 5.74) is 1.75. The Kier molecular flexibility index (Phi) is 7.93. The van der Waals surface area contributed by atoms with E-state index in [1.165, 1.54) is 26.4 Å². The highest BCUT2D eigenvalue weighted by molar-refractivity contribution is 7.96. The van der Waals surface area contributed by atoms with Crippen molar-refractivity contribution in [2.75, 3.05) is 0 Å². The molecule has 1 heterocycles. The third kappa shape index (κ3) is 4.75. The maximum absolute atomic E-state index is 2.35. The first-order valence-electron chi connectivity index (χ1n) is 11.0. The van der Waals surface area contributed by atoms with Gasteiger partial charge in [-0.3, -0.25) is 0 Å². The van der Waals surface area contributed by atoms with Crippen LogP contribution < -0.4 is 32.9 Å². The average Bonchev–Trinajstić information content (AvgIpc) is 3.40. The van der Waals surface area contributed by atoms with Crippen LogP contribution in [-0.4, -0.2) is 0 Å². The van der Waals surface area contributed by atoms with Crippen LogP contribution in [0.5, 0.6) is 0 Å². The lowest BCUT2D eigenvalue weighted by atomic mass is 10.1. The topological polar surface area (TPSA) is 0 Å². The molecule has 0 amide bonds. The maximum atomic E-state index is 2.35. The fourth-order valence-corrected chi connectivity index (χ4v) is 10.6. The Morgan fingerprint density at radius 3 is 1.33 bits per heavy atom. The summed E-state index contributed by atoms with van der Waals surface area (Å²) in [5, 5.41) is 6.50. The molecule has 1 aromatic heterocycles. The molecule has 0 aliphatic heterocycles. The summed E-state index contributed by atoms with van der Waals surface area (Å²) < 4.78 is 0. The highest BCUT2D eigenvalue weighted by atomic mass is 79.9. The highest BCUT2D eigenvalue weighted by Crippen LogP contribution is 2.67. The number of benzene rings is 4. The van der Waals surface area contributed by atoms with Crippen LogP contribution in [-0.2, 0) is 6.42 Å². The molecule has 0 spiro atoms. The van der Waals surface area contributed by atoms with E-state index in [1.807, 2.05) is 11.3 Å². The molecular weight excluding hydrogens is 503 g/mol. The molecule has 0 saturated carbocycles. The van der Waals surface area contributed by atoms with E-state index < -0.39 is 7.26 Å². The second-order valence-corrected chi connectivity index (χ2v) is 12.6. The minimum atomic E-state index is -2.02. The first-order chi connectivity index (χ1) is 15.9. The quantitative estimate of drug-likeness (QED) is 0.280. The van der Waals surface area contributed by atoms with Gasteiger partial charge in [0.2, 0.25) is 0 Å². The fourth-order valence-electron chi connectivity index (χ4n) is 4.75. The lowest BCUT2D eigenvalue weighted by Gasteiger charge is -2.35. The molecule has 5 aromatic rings. The van der Waals surface area contributed by atoms with E-state index in [0.29, 0.717) is 5.66 Å². The third-order valence-electron chi connectivity index (χ3n) is 6.12. The minimum absolute atomic E-state index is 0. The van der Waals surface area contributed by atoms with Crippen molar-refractivity contribution in [3.8, 4) is 0 Å². The van der Waals surface area contributed by atoms with Crippen molar-refractivity contribution in [1.82, 2.24) is 0 Å². The monoisotopic (exact) mass is 528 g/mol. The van der Waals surface area contributed by atoms with Gasteiger partial charge in [0.25, 0.3) is 0 Å². The van der Waals surface area contributed by atoms with Crippen LogP contribution in [0.1, 0.15) is 16.1 Å². The van der Waals surface area contributed by atoms with Crippen LogP contribution in [0.3, 0.4) is 0 Å². The molecule has 0 fully saturated rings. The molecule has 0 saturated heterocycles. The molecule has 4 aromatic carbocycles. The highest BCUT2D eigenvalue weighted by Gasteiger charge is 2.52. The second kappa shape index (κ2) is 11.1.